The van der Waals surface area contributed by atoms with E-state index in [4.69, 9.17) is 5.73 Å². The third kappa shape index (κ3) is 2.39. The SMILES string of the molecule is COC(=O)c1ccnc(-c2ccc(N)cc2)n1. The first-order valence-electron chi connectivity index (χ1n) is 4.98. The van der Waals surface area contributed by atoms with Gasteiger partial charge in [0, 0.05) is 17.4 Å². The van der Waals surface area contributed by atoms with E-state index in [-0.39, 0.29) is 5.69 Å². The Labute approximate surface area is 98.3 Å². The summed E-state index contributed by atoms with van der Waals surface area (Å²) < 4.78 is 4.60. The average Bonchev–Trinajstić information content (AvgIpc) is 2.39. The number of esters is 1. The number of hydrogen-bond acceptors (Lipinski definition) is 5. The first-order valence-corrected chi connectivity index (χ1v) is 4.98. The van der Waals surface area contributed by atoms with Crippen LogP contribution in [0.4, 0.5) is 5.69 Å². The van der Waals surface area contributed by atoms with Gasteiger partial charge in [0.05, 0.1) is 7.11 Å². The molecule has 0 aliphatic heterocycles. The second kappa shape index (κ2) is 4.61. The number of nitrogens with zero attached hydrogens (tertiary/aromatic N) is 2. The van der Waals surface area contributed by atoms with Crippen LogP contribution < -0.4 is 5.73 Å². The summed E-state index contributed by atoms with van der Waals surface area (Å²) in [4.78, 5) is 19.5. The van der Waals surface area contributed by atoms with Crippen molar-refractivity contribution in [1.29, 1.82) is 0 Å². The molecule has 2 rings (SSSR count). The molecule has 0 unspecified atom stereocenters. The minimum Gasteiger partial charge on any atom is -0.464 e. The number of anilines is 1. The van der Waals surface area contributed by atoms with Crippen LogP contribution in [-0.2, 0) is 4.74 Å². The van der Waals surface area contributed by atoms with E-state index in [1.165, 1.54) is 19.4 Å². The van der Waals surface area contributed by atoms with Crippen LogP contribution >= 0.6 is 0 Å². The Morgan fingerprint density at radius 2 is 1.94 bits per heavy atom. The van der Waals surface area contributed by atoms with Gasteiger partial charge in [-0.1, -0.05) is 0 Å². The van der Waals surface area contributed by atoms with Gasteiger partial charge in [0.2, 0.25) is 0 Å². The van der Waals surface area contributed by atoms with Gasteiger partial charge in [-0.2, -0.15) is 0 Å². The summed E-state index contributed by atoms with van der Waals surface area (Å²) in [6.07, 6.45) is 1.52. The molecule has 5 nitrogen and oxygen atoms in total. The Bertz CT molecular complexity index is 538. The summed E-state index contributed by atoms with van der Waals surface area (Å²) in [5, 5.41) is 0. The highest BCUT2D eigenvalue weighted by Crippen LogP contribution is 2.16. The summed E-state index contributed by atoms with van der Waals surface area (Å²) in [7, 11) is 1.31. The summed E-state index contributed by atoms with van der Waals surface area (Å²) in [6.45, 7) is 0. The fourth-order valence-electron chi connectivity index (χ4n) is 1.35. The smallest absolute Gasteiger partial charge is 0.356 e. The molecular weight excluding hydrogens is 218 g/mol. The maximum atomic E-state index is 11.3. The van der Waals surface area contributed by atoms with Crippen molar-refractivity contribution in [3.8, 4) is 11.4 Å². The fourth-order valence-corrected chi connectivity index (χ4v) is 1.35. The normalized spacial score (nSPS) is 9.94. The fraction of sp³-hybridized carbons (Fsp3) is 0.0833. The highest BCUT2D eigenvalue weighted by atomic mass is 16.5. The Morgan fingerprint density at radius 1 is 1.24 bits per heavy atom. The molecule has 1 aromatic carbocycles. The topological polar surface area (TPSA) is 78.1 Å². The van der Waals surface area contributed by atoms with Crippen LogP contribution in [0.25, 0.3) is 11.4 Å². The number of carbonyl (C=O) groups excluding carboxylic acids is 1. The second-order valence-corrected chi connectivity index (χ2v) is 3.38. The van der Waals surface area contributed by atoms with Crippen LogP contribution in [0.5, 0.6) is 0 Å². The third-order valence-corrected chi connectivity index (χ3v) is 2.22. The monoisotopic (exact) mass is 229 g/mol. The number of nitrogens with two attached hydrogens (primary N) is 1. The van der Waals surface area contributed by atoms with Crippen molar-refractivity contribution in [2.45, 2.75) is 0 Å². The Kier molecular flexibility index (Phi) is 3.00. The molecule has 0 saturated carbocycles. The molecule has 0 bridgehead atoms. The van der Waals surface area contributed by atoms with Crippen molar-refractivity contribution < 1.29 is 9.53 Å². The summed E-state index contributed by atoms with van der Waals surface area (Å²) in [5.74, 6) is -0.0167. The number of benzene rings is 1. The molecule has 0 amide bonds. The van der Waals surface area contributed by atoms with E-state index in [1.54, 1.807) is 24.3 Å². The van der Waals surface area contributed by atoms with Crippen LogP contribution in [0.2, 0.25) is 0 Å². The number of carbonyl (C=O) groups is 1. The molecule has 5 heteroatoms. The van der Waals surface area contributed by atoms with Gasteiger partial charge in [-0.05, 0) is 30.3 Å². The van der Waals surface area contributed by atoms with Crippen molar-refractivity contribution in [2.75, 3.05) is 12.8 Å². The maximum absolute atomic E-state index is 11.3. The molecule has 2 aromatic rings. The van der Waals surface area contributed by atoms with E-state index < -0.39 is 5.97 Å². The number of rotatable bonds is 2. The molecule has 1 heterocycles. The molecule has 0 radical (unpaired) electrons. The van der Waals surface area contributed by atoms with Crippen LogP contribution in [-0.4, -0.2) is 23.0 Å². The molecule has 1 aromatic heterocycles. The highest BCUT2D eigenvalue weighted by molar-refractivity contribution is 5.87. The molecule has 0 aliphatic rings. The molecule has 86 valence electrons. The molecule has 0 saturated heterocycles. The van der Waals surface area contributed by atoms with Gasteiger partial charge < -0.3 is 10.5 Å². The van der Waals surface area contributed by atoms with Gasteiger partial charge in [0.1, 0.15) is 0 Å². The van der Waals surface area contributed by atoms with Gasteiger partial charge in [-0.25, -0.2) is 14.8 Å². The van der Waals surface area contributed by atoms with Crippen LogP contribution in [0.1, 0.15) is 10.5 Å². The predicted molar refractivity (Wildman–Crippen MR) is 63.2 cm³/mol. The number of nitrogen functional groups attached to an aromatic ring is 1. The van der Waals surface area contributed by atoms with E-state index in [9.17, 15) is 4.79 Å². The molecule has 2 N–H and O–H groups in total. The number of methoxy groups -OCH3 is 1. The van der Waals surface area contributed by atoms with Crippen molar-refractivity contribution >= 4 is 11.7 Å². The standard InChI is InChI=1S/C12H11N3O2/c1-17-12(16)10-6-7-14-11(15-10)8-2-4-9(13)5-3-8/h2-7H,13H2,1H3. The predicted octanol–water partition coefficient (Wildman–Crippen LogP) is 1.51. The first-order chi connectivity index (χ1) is 8.20. The molecule has 0 aliphatic carbocycles. The second-order valence-electron chi connectivity index (χ2n) is 3.38. The quantitative estimate of drug-likeness (QED) is 0.623. The Morgan fingerprint density at radius 3 is 2.59 bits per heavy atom. The van der Waals surface area contributed by atoms with Crippen LogP contribution in [0.15, 0.2) is 36.5 Å². The van der Waals surface area contributed by atoms with Gasteiger partial charge >= 0.3 is 5.97 Å². The van der Waals surface area contributed by atoms with E-state index >= 15 is 0 Å². The lowest BCUT2D eigenvalue weighted by Crippen LogP contribution is -2.05. The third-order valence-electron chi connectivity index (χ3n) is 2.22. The highest BCUT2D eigenvalue weighted by Gasteiger charge is 2.09. The molecular formula is C12H11N3O2. The zero-order valence-corrected chi connectivity index (χ0v) is 9.25. The average molecular weight is 229 g/mol. The number of aromatic nitrogens is 2. The molecule has 0 fully saturated rings. The lowest BCUT2D eigenvalue weighted by Gasteiger charge is -2.02. The van der Waals surface area contributed by atoms with Crippen LogP contribution in [0.3, 0.4) is 0 Å². The van der Waals surface area contributed by atoms with Gasteiger partial charge in [0.25, 0.3) is 0 Å². The van der Waals surface area contributed by atoms with E-state index in [0.29, 0.717) is 11.5 Å². The van der Waals surface area contributed by atoms with E-state index in [1.807, 2.05) is 0 Å². The van der Waals surface area contributed by atoms with Gasteiger partial charge in [-0.3, -0.25) is 0 Å². The molecule has 0 spiro atoms. The van der Waals surface area contributed by atoms with Crippen molar-refractivity contribution in [1.82, 2.24) is 9.97 Å². The summed E-state index contributed by atoms with van der Waals surface area (Å²) >= 11 is 0. The van der Waals surface area contributed by atoms with Crippen molar-refractivity contribution in [2.24, 2.45) is 0 Å². The lowest BCUT2D eigenvalue weighted by atomic mass is 10.2. The minimum absolute atomic E-state index is 0.231. The molecule has 17 heavy (non-hydrogen) atoms. The van der Waals surface area contributed by atoms with Gasteiger partial charge in [0.15, 0.2) is 11.5 Å². The maximum Gasteiger partial charge on any atom is 0.356 e. The van der Waals surface area contributed by atoms with Crippen molar-refractivity contribution in [3.63, 3.8) is 0 Å². The van der Waals surface area contributed by atoms with Gasteiger partial charge in [-0.15, -0.1) is 0 Å². The Hall–Kier alpha value is -2.43. The largest absolute Gasteiger partial charge is 0.464 e. The van der Waals surface area contributed by atoms with Crippen LogP contribution in [0, 0.1) is 0 Å². The zero-order valence-electron chi connectivity index (χ0n) is 9.25. The van der Waals surface area contributed by atoms with Crippen molar-refractivity contribution in [3.05, 3.63) is 42.2 Å². The number of hydrogen-bond donors (Lipinski definition) is 1. The number of ether oxygens (including phenoxy) is 1. The van der Waals surface area contributed by atoms with E-state index in [0.717, 1.165) is 5.56 Å². The minimum atomic E-state index is -0.482. The lowest BCUT2D eigenvalue weighted by molar-refractivity contribution is 0.0594. The first kappa shape index (κ1) is 11.1. The summed E-state index contributed by atoms with van der Waals surface area (Å²) in [6, 6.07) is 8.61. The van der Waals surface area contributed by atoms with E-state index in [2.05, 4.69) is 14.7 Å². The Balaban J connectivity index is 2.39. The zero-order chi connectivity index (χ0) is 12.3. The molecule has 0 atom stereocenters. The summed E-state index contributed by atoms with van der Waals surface area (Å²) in [5.41, 5.74) is 7.28.